The highest BCUT2D eigenvalue weighted by molar-refractivity contribution is 7.89. The van der Waals surface area contributed by atoms with E-state index >= 15 is 0 Å². The second-order valence-corrected chi connectivity index (χ2v) is 6.18. The summed E-state index contributed by atoms with van der Waals surface area (Å²) in [7, 11) is -1.25. The zero-order valence-electron chi connectivity index (χ0n) is 12.3. The molecule has 0 fully saturated rings. The lowest BCUT2D eigenvalue weighted by molar-refractivity contribution is -0.149. The van der Waals surface area contributed by atoms with Crippen LogP contribution in [0.4, 0.5) is 0 Å². The lowest BCUT2D eigenvalue weighted by Gasteiger charge is -2.15. The third-order valence-corrected chi connectivity index (χ3v) is 4.61. The van der Waals surface area contributed by atoms with E-state index in [9.17, 15) is 18.3 Å². The summed E-state index contributed by atoms with van der Waals surface area (Å²) >= 11 is 0. The molecule has 2 N–H and O–H groups in total. The molecule has 1 rings (SSSR count). The van der Waals surface area contributed by atoms with Gasteiger partial charge in [0.1, 0.15) is 5.75 Å². The van der Waals surface area contributed by atoms with Gasteiger partial charge in [-0.15, -0.1) is 0 Å². The van der Waals surface area contributed by atoms with Crippen LogP contribution in [-0.2, 0) is 19.6 Å². The first-order valence-corrected chi connectivity index (χ1v) is 7.62. The topological polar surface area (TPSA) is 102 Å². The van der Waals surface area contributed by atoms with Gasteiger partial charge in [0, 0.05) is 6.54 Å². The summed E-state index contributed by atoms with van der Waals surface area (Å²) < 4.78 is 36.1. The molecule has 1 unspecified atom stereocenters. The highest BCUT2D eigenvalue weighted by atomic mass is 32.2. The van der Waals surface area contributed by atoms with Crippen LogP contribution in [0.25, 0.3) is 0 Å². The van der Waals surface area contributed by atoms with E-state index < -0.39 is 28.6 Å². The minimum atomic E-state index is -3.86. The highest BCUT2D eigenvalue weighted by Crippen LogP contribution is 2.25. The van der Waals surface area contributed by atoms with E-state index in [1.165, 1.54) is 7.11 Å². The summed E-state index contributed by atoms with van der Waals surface area (Å²) in [5, 5.41) is 9.43. The van der Waals surface area contributed by atoms with Crippen molar-refractivity contribution in [1.82, 2.24) is 4.72 Å². The predicted molar refractivity (Wildman–Crippen MR) is 75.7 cm³/mol. The summed E-state index contributed by atoms with van der Waals surface area (Å²) in [6.07, 6.45) is -1.55. The molecule has 0 spiro atoms. The summed E-state index contributed by atoms with van der Waals surface area (Å²) in [4.78, 5) is 11.2. The van der Waals surface area contributed by atoms with Crippen molar-refractivity contribution >= 4 is 16.0 Å². The van der Waals surface area contributed by atoms with Crippen molar-refractivity contribution in [2.24, 2.45) is 0 Å². The maximum atomic E-state index is 12.3. The number of carbonyl (C=O) groups excluding carboxylic acids is 1. The van der Waals surface area contributed by atoms with Crippen molar-refractivity contribution in [3.8, 4) is 5.75 Å². The quantitative estimate of drug-likeness (QED) is 0.723. The number of aryl methyl sites for hydroxylation is 2. The van der Waals surface area contributed by atoms with E-state index in [1.807, 2.05) is 0 Å². The van der Waals surface area contributed by atoms with Gasteiger partial charge in [0.2, 0.25) is 10.0 Å². The Balaban J connectivity index is 3.01. The second-order valence-electron chi connectivity index (χ2n) is 4.48. The van der Waals surface area contributed by atoms with Crippen molar-refractivity contribution < 1.29 is 27.8 Å². The molecule has 118 valence electrons. The Morgan fingerprint density at radius 2 is 1.81 bits per heavy atom. The van der Waals surface area contributed by atoms with Gasteiger partial charge in [0.05, 0.1) is 19.1 Å². The summed E-state index contributed by atoms with van der Waals surface area (Å²) in [5.74, 6) is -0.348. The molecule has 21 heavy (non-hydrogen) atoms. The van der Waals surface area contributed by atoms with Crippen molar-refractivity contribution in [3.63, 3.8) is 0 Å². The molecule has 0 aliphatic heterocycles. The zero-order valence-corrected chi connectivity index (χ0v) is 13.2. The van der Waals surface area contributed by atoms with Crippen LogP contribution in [0.2, 0.25) is 0 Å². The second kappa shape index (κ2) is 6.88. The minimum Gasteiger partial charge on any atom is -0.497 e. The number of aliphatic hydroxyl groups excluding tert-OH is 1. The molecule has 0 aliphatic carbocycles. The molecule has 0 aromatic heterocycles. The molecule has 0 radical (unpaired) electrons. The Morgan fingerprint density at radius 1 is 1.29 bits per heavy atom. The molecular formula is C13H19NO6S. The Bertz CT molecular complexity index is 603. The highest BCUT2D eigenvalue weighted by Gasteiger charge is 2.23. The molecule has 8 heteroatoms. The van der Waals surface area contributed by atoms with Crippen LogP contribution in [0, 0.1) is 13.8 Å². The smallest absolute Gasteiger partial charge is 0.336 e. The lowest BCUT2D eigenvalue weighted by atomic mass is 10.1. The number of benzene rings is 1. The summed E-state index contributed by atoms with van der Waals surface area (Å²) in [6, 6.07) is 3.19. The maximum absolute atomic E-state index is 12.3. The lowest BCUT2D eigenvalue weighted by Crippen LogP contribution is -2.37. The number of sulfonamides is 1. The van der Waals surface area contributed by atoms with Gasteiger partial charge in [-0.05, 0) is 37.1 Å². The first kappa shape index (κ1) is 17.4. The van der Waals surface area contributed by atoms with Crippen molar-refractivity contribution in [3.05, 3.63) is 23.3 Å². The fourth-order valence-electron chi connectivity index (χ4n) is 1.93. The van der Waals surface area contributed by atoms with Gasteiger partial charge < -0.3 is 14.6 Å². The summed E-state index contributed by atoms with van der Waals surface area (Å²) in [6.45, 7) is 2.82. The van der Waals surface area contributed by atoms with Gasteiger partial charge in [0.25, 0.3) is 0 Å². The van der Waals surface area contributed by atoms with Crippen molar-refractivity contribution in [2.75, 3.05) is 20.8 Å². The SMILES string of the molecule is COC(=O)C(O)CNS(=O)(=O)c1c(C)cc(OC)cc1C. The molecule has 1 aromatic carbocycles. The minimum absolute atomic E-state index is 0.0976. The fraction of sp³-hybridized carbons (Fsp3) is 0.462. The van der Waals surface area contributed by atoms with Gasteiger partial charge in [-0.3, -0.25) is 0 Å². The number of hydrogen-bond acceptors (Lipinski definition) is 6. The fourth-order valence-corrected chi connectivity index (χ4v) is 3.42. The largest absolute Gasteiger partial charge is 0.497 e. The number of hydrogen-bond donors (Lipinski definition) is 2. The van der Waals surface area contributed by atoms with Gasteiger partial charge in [-0.25, -0.2) is 17.9 Å². The monoisotopic (exact) mass is 317 g/mol. The van der Waals surface area contributed by atoms with E-state index in [2.05, 4.69) is 9.46 Å². The third kappa shape index (κ3) is 4.16. The van der Waals surface area contributed by atoms with Crippen molar-refractivity contribution in [1.29, 1.82) is 0 Å². The van der Waals surface area contributed by atoms with Crippen LogP contribution in [0.1, 0.15) is 11.1 Å². The molecule has 1 atom stereocenters. The molecule has 0 aliphatic rings. The molecule has 0 heterocycles. The number of aliphatic hydroxyl groups is 1. The third-order valence-electron chi connectivity index (χ3n) is 2.88. The number of carbonyl (C=O) groups is 1. The Kier molecular flexibility index (Phi) is 5.70. The van der Waals surface area contributed by atoms with Gasteiger partial charge in [0.15, 0.2) is 6.10 Å². The number of methoxy groups -OCH3 is 2. The van der Waals surface area contributed by atoms with E-state index in [-0.39, 0.29) is 4.90 Å². The number of esters is 1. The van der Waals surface area contributed by atoms with E-state index in [4.69, 9.17) is 4.74 Å². The number of rotatable bonds is 6. The van der Waals surface area contributed by atoms with Gasteiger partial charge in [-0.2, -0.15) is 0 Å². The van der Waals surface area contributed by atoms with Crippen LogP contribution in [0.3, 0.4) is 0 Å². The van der Waals surface area contributed by atoms with Crippen molar-refractivity contribution in [2.45, 2.75) is 24.8 Å². The first-order valence-electron chi connectivity index (χ1n) is 6.13. The zero-order chi connectivity index (χ0) is 16.2. The molecule has 0 saturated carbocycles. The number of nitrogens with one attached hydrogen (secondary N) is 1. The van der Waals surface area contributed by atoms with E-state index in [1.54, 1.807) is 26.0 Å². The van der Waals surface area contributed by atoms with Crippen LogP contribution in [0.15, 0.2) is 17.0 Å². The maximum Gasteiger partial charge on any atom is 0.336 e. The van der Waals surface area contributed by atoms with Crippen LogP contribution in [-0.4, -0.2) is 46.4 Å². The predicted octanol–water partition coefficient (Wildman–Crippen LogP) is 0.124. The molecule has 0 saturated heterocycles. The van der Waals surface area contributed by atoms with E-state index in [0.717, 1.165) is 7.11 Å². The average Bonchev–Trinajstić information content (AvgIpc) is 2.42. The average molecular weight is 317 g/mol. The van der Waals surface area contributed by atoms with Gasteiger partial charge >= 0.3 is 5.97 Å². The van der Waals surface area contributed by atoms with Crippen LogP contribution in [0.5, 0.6) is 5.75 Å². The molecule has 7 nitrogen and oxygen atoms in total. The standard InChI is InChI=1S/C13H19NO6S/c1-8-5-10(19-3)6-9(2)12(8)21(17,18)14-7-11(15)13(16)20-4/h5-6,11,14-15H,7H2,1-4H3. The molecule has 0 amide bonds. The Morgan fingerprint density at radius 3 is 2.24 bits per heavy atom. The van der Waals surface area contributed by atoms with Gasteiger partial charge in [-0.1, -0.05) is 0 Å². The first-order chi connectivity index (χ1) is 9.72. The molecule has 0 bridgehead atoms. The summed E-state index contributed by atoms with van der Waals surface area (Å²) in [5.41, 5.74) is 1.01. The molecular weight excluding hydrogens is 298 g/mol. The van der Waals surface area contributed by atoms with E-state index in [0.29, 0.717) is 16.9 Å². The Labute approximate surface area is 123 Å². The molecule has 1 aromatic rings. The number of ether oxygens (including phenoxy) is 2. The van der Waals surface area contributed by atoms with Crippen LogP contribution >= 0.6 is 0 Å². The van der Waals surface area contributed by atoms with Crippen LogP contribution < -0.4 is 9.46 Å². The Hall–Kier alpha value is -1.64. The normalized spacial score (nSPS) is 12.8.